The van der Waals surface area contributed by atoms with Gasteiger partial charge in [0.25, 0.3) is 10.0 Å². The lowest BCUT2D eigenvalue weighted by Gasteiger charge is -2.20. The Hall–Kier alpha value is -2.63. The van der Waals surface area contributed by atoms with Crippen LogP contribution < -0.4 is 4.74 Å². The van der Waals surface area contributed by atoms with Crippen LogP contribution in [0.2, 0.25) is 5.02 Å². The lowest BCUT2D eigenvalue weighted by molar-refractivity contribution is -0.137. The maximum absolute atomic E-state index is 13.5. The third-order valence-electron chi connectivity index (χ3n) is 5.71. The summed E-state index contributed by atoms with van der Waals surface area (Å²) in [4.78, 5) is 3.93. The van der Waals surface area contributed by atoms with Gasteiger partial charge < -0.3 is 9.30 Å². The quantitative estimate of drug-likeness (QED) is 0.444. The predicted octanol–water partition coefficient (Wildman–Crippen LogP) is 4.71. The molecule has 0 saturated carbocycles. The first kappa shape index (κ1) is 24.5. The van der Waals surface area contributed by atoms with E-state index in [0.717, 1.165) is 6.07 Å². The van der Waals surface area contributed by atoms with Gasteiger partial charge in [-0.2, -0.15) is 17.5 Å². The van der Waals surface area contributed by atoms with Crippen molar-refractivity contribution in [2.45, 2.75) is 17.1 Å². The van der Waals surface area contributed by atoms with Gasteiger partial charge in [0, 0.05) is 38.2 Å². The van der Waals surface area contributed by atoms with Crippen molar-refractivity contribution in [1.29, 1.82) is 0 Å². The summed E-state index contributed by atoms with van der Waals surface area (Å²) in [5.41, 5.74) is -0.337. The van der Waals surface area contributed by atoms with E-state index < -0.39 is 38.5 Å². The molecule has 182 valence electrons. The lowest BCUT2D eigenvalue weighted by atomic mass is 9.89. The SMILES string of the molecule is Cn1cnc(S(=O)(=O)N2C[C@H](COc3cccc(C(F)(F)F)c3Cl)[C@@H](c3ccc(F)cc3)C2)c1. The average molecular weight is 518 g/mol. The third kappa shape index (κ3) is 4.91. The van der Waals surface area contributed by atoms with Crippen molar-refractivity contribution in [3.05, 3.63) is 77.0 Å². The van der Waals surface area contributed by atoms with Crippen LogP contribution in [-0.2, 0) is 23.2 Å². The van der Waals surface area contributed by atoms with Crippen LogP contribution in [0.1, 0.15) is 17.0 Å². The monoisotopic (exact) mass is 517 g/mol. The summed E-state index contributed by atoms with van der Waals surface area (Å²) < 4.78 is 87.6. The Kier molecular flexibility index (Phi) is 6.63. The summed E-state index contributed by atoms with van der Waals surface area (Å²) in [5.74, 6) is -1.41. The molecule has 0 N–H and O–H groups in total. The summed E-state index contributed by atoms with van der Waals surface area (Å²) in [6.45, 7) is 0.0176. The average Bonchev–Trinajstić information content (AvgIpc) is 3.40. The van der Waals surface area contributed by atoms with Crippen molar-refractivity contribution in [2.75, 3.05) is 19.7 Å². The van der Waals surface area contributed by atoms with Gasteiger partial charge in [-0.25, -0.2) is 17.8 Å². The van der Waals surface area contributed by atoms with Crippen LogP contribution >= 0.6 is 11.6 Å². The molecule has 2 atom stereocenters. The fourth-order valence-electron chi connectivity index (χ4n) is 3.98. The van der Waals surface area contributed by atoms with E-state index in [-0.39, 0.29) is 36.4 Å². The van der Waals surface area contributed by atoms with Gasteiger partial charge >= 0.3 is 6.18 Å². The van der Waals surface area contributed by atoms with Crippen LogP contribution in [0.3, 0.4) is 0 Å². The number of halogens is 5. The van der Waals surface area contributed by atoms with Gasteiger partial charge in [0.05, 0.1) is 23.5 Å². The van der Waals surface area contributed by atoms with Crippen molar-refractivity contribution in [3.8, 4) is 5.75 Å². The van der Waals surface area contributed by atoms with E-state index in [4.69, 9.17) is 16.3 Å². The number of hydrogen-bond donors (Lipinski definition) is 0. The van der Waals surface area contributed by atoms with E-state index in [1.54, 1.807) is 19.2 Å². The number of alkyl halides is 3. The van der Waals surface area contributed by atoms with Crippen molar-refractivity contribution in [3.63, 3.8) is 0 Å². The fraction of sp³-hybridized carbons (Fsp3) is 0.318. The van der Waals surface area contributed by atoms with E-state index in [2.05, 4.69) is 4.98 Å². The summed E-state index contributed by atoms with van der Waals surface area (Å²) in [6, 6.07) is 9.02. The Balaban J connectivity index is 1.61. The summed E-state index contributed by atoms with van der Waals surface area (Å²) in [5, 5.41) is -0.681. The van der Waals surface area contributed by atoms with Crippen LogP contribution in [0.4, 0.5) is 17.6 Å². The smallest absolute Gasteiger partial charge is 0.417 e. The highest BCUT2D eigenvalue weighted by molar-refractivity contribution is 7.89. The van der Waals surface area contributed by atoms with Crippen LogP contribution in [0.5, 0.6) is 5.75 Å². The molecule has 34 heavy (non-hydrogen) atoms. The Labute approximate surface area is 198 Å². The first-order valence-electron chi connectivity index (χ1n) is 10.2. The molecule has 12 heteroatoms. The molecule has 1 aliphatic heterocycles. The standard InChI is InChI=1S/C22H20ClF4N3O3S/c1-29-11-20(28-13-29)34(31,32)30-9-15(17(10-30)14-5-7-16(24)8-6-14)12-33-19-4-2-3-18(21(19)23)22(25,26)27/h2-8,11,13,15,17H,9-10,12H2,1H3/t15-,17-/m1/s1. The highest BCUT2D eigenvalue weighted by Gasteiger charge is 2.41. The Morgan fingerprint density at radius 2 is 1.85 bits per heavy atom. The molecule has 0 amide bonds. The molecular weight excluding hydrogens is 498 g/mol. The number of sulfonamides is 1. The number of benzene rings is 2. The third-order valence-corrected chi connectivity index (χ3v) is 7.82. The van der Waals surface area contributed by atoms with Crippen molar-refractivity contribution in [1.82, 2.24) is 13.9 Å². The van der Waals surface area contributed by atoms with Gasteiger partial charge in [0.2, 0.25) is 0 Å². The minimum absolute atomic E-state index is 0.0392. The van der Waals surface area contributed by atoms with Gasteiger partial charge in [-0.1, -0.05) is 29.8 Å². The molecule has 0 bridgehead atoms. The number of aryl methyl sites for hydroxylation is 1. The van der Waals surface area contributed by atoms with E-state index in [0.29, 0.717) is 5.56 Å². The zero-order valence-electron chi connectivity index (χ0n) is 17.8. The molecular formula is C22H20ClF4N3O3S. The number of nitrogens with zero attached hydrogens (tertiary/aromatic N) is 3. The van der Waals surface area contributed by atoms with E-state index in [1.165, 1.54) is 45.7 Å². The highest BCUT2D eigenvalue weighted by atomic mass is 35.5. The molecule has 0 radical (unpaired) electrons. The van der Waals surface area contributed by atoms with Crippen LogP contribution in [0.25, 0.3) is 0 Å². The highest BCUT2D eigenvalue weighted by Crippen LogP contribution is 2.40. The fourth-order valence-corrected chi connectivity index (χ4v) is 5.75. The zero-order chi connectivity index (χ0) is 24.7. The van der Waals surface area contributed by atoms with Gasteiger partial charge in [-0.05, 0) is 29.8 Å². The van der Waals surface area contributed by atoms with Gasteiger partial charge in [0.15, 0.2) is 5.03 Å². The molecule has 2 heterocycles. The predicted molar refractivity (Wildman–Crippen MR) is 117 cm³/mol. The maximum atomic E-state index is 13.5. The van der Waals surface area contributed by atoms with Crippen molar-refractivity contribution in [2.24, 2.45) is 13.0 Å². The summed E-state index contributed by atoms with van der Waals surface area (Å²) in [7, 11) is -2.27. The summed E-state index contributed by atoms with van der Waals surface area (Å²) >= 11 is 5.93. The Bertz CT molecular complexity index is 1280. The molecule has 1 saturated heterocycles. The maximum Gasteiger partial charge on any atom is 0.417 e. The molecule has 3 aromatic rings. The first-order chi connectivity index (χ1) is 16.0. The Morgan fingerprint density at radius 3 is 2.47 bits per heavy atom. The molecule has 6 nitrogen and oxygen atoms in total. The molecule has 1 fully saturated rings. The first-order valence-corrected chi connectivity index (χ1v) is 12.0. The van der Waals surface area contributed by atoms with Crippen LogP contribution in [0, 0.1) is 11.7 Å². The lowest BCUT2D eigenvalue weighted by Crippen LogP contribution is -2.30. The number of ether oxygens (including phenoxy) is 1. The van der Waals surface area contributed by atoms with E-state index in [9.17, 15) is 26.0 Å². The van der Waals surface area contributed by atoms with Crippen molar-refractivity contribution >= 4 is 21.6 Å². The van der Waals surface area contributed by atoms with Crippen LogP contribution in [-0.4, -0.2) is 42.0 Å². The molecule has 1 aliphatic rings. The largest absolute Gasteiger partial charge is 0.492 e. The van der Waals surface area contributed by atoms with Gasteiger partial charge in [-0.15, -0.1) is 0 Å². The number of rotatable bonds is 6. The molecule has 2 aromatic carbocycles. The molecule has 1 aromatic heterocycles. The number of hydrogen-bond acceptors (Lipinski definition) is 4. The Morgan fingerprint density at radius 1 is 1.15 bits per heavy atom. The van der Waals surface area contributed by atoms with Crippen molar-refractivity contribution < 1.29 is 30.7 Å². The van der Waals surface area contributed by atoms with E-state index in [1.807, 2.05) is 0 Å². The topological polar surface area (TPSA) is 64.4 Å². The minimum atomic E-state index is -4.64. The second kappa shape index (κ2) is 9.20. The molecule has 0 spiro atoms. The normalized spacial score (nSPS) is 19.5. The van der Waals surface area contributed by atoms with Gasteiger partial charge in [0.1, 0.15) is 11.6 Å². The molecule has 0 unspecified atom stereocenters. The van der Waals surface area contributed by atoms with E-state index >= 15 is 0 Å². The molecule has 4 rings (SSSR count). The second-order valence-corrected chi connectivity index (χ2v) is 10.3. The second-order valence-electron chi connectivity index (χ2n) is 8.04. The zero-order valence-corrected chi connectivity index (χ0v) is 19.4. The van der Waals surface area contributed by atoms with Gasteiger partial charge in [-0.3, -0.25) is 0 Å². The minimum Gasteiger partial charge on any atom is -0.492 e. The molecule has 0 aliphatic carbocycles. The summed E-state index contributed by atoms with van der Waals surface area (Å²) in [6.07, 6.45) is -1.89. The van der Waals surface area contributed by atoms with Crippen LogP contribution in [0.15, 0.2) is 60.0 Å². The number of aromatic nitrogens is 2. The number of imidazole rings is 1.